The molecular weight excluding hydrogens is 445 g/mol. The van der Waals surface area contributed by atoms with Crippen LogP contribution in [0.2, 0.25) is 10.0 Å². The zero-order chi connectivity index (χ0) is 20.3. The first-order valence-electron chi connectivity index (χ1n) is 8.34. The molecule has 0 spiro atoms. The first-order chi connectivity index (χ1) is 13.3. The molecule has 0 bridgehead atoms. The summed E-state index contributed by atoms with van der Waals surface area (Å²) >= 11 is 14.4. The summed E-state index contributed by atoms with van der Waals surface area (Å²) < 4.78 is 0.370. The Morgan fingerprint density at radius 2 is 2.00 bits per heavy atom. The van der Waals surface area contributed by atoms with E-state index in [2.05, 4.69) is 20.5 Å². The third-order valence-electron chi connectivity index (χ3n) is 4.17. The molecule has 8 nitrogen and oxygen atoms in total. The molecule has 1 aliphatic rings. The van der Waals surface area contributed by atoms with Crippen molar-refractivity contribution in [2.24, 2.45) is 0 Å². The zero-order valence-corrected chi connectivity index (χ0v) is 17.9. The molecule has 0 radical (unpaired) electrons. The van der Waals surface area contributed by atoms with Crippen LogP contribution in [0, 0.1) is 10.1 Å². The molecule has 1 aliphatic heterocycles. The average Bonchev–Trinajstić information content (AvgIpc) is 3.03. The van der Waals surface area contributed by atoms with Gasteiger partial charge in [0, 0.05) is 18.4 Å². The van der Waals surface area contributed by atoms with Crippen LogP contribution in [0.25, 0.3) is 0 Å². The van der Waals surface area contributed by atoms with Crippen LogP contribution >= 0.6 is 46.3 Å². The first-order valence-corrected chi connectivity index (χ1v) is 10.7. The number of hydrogen-bond donors (Lipinski definition) is 2. The van der Waals surface area contributed by atoms with Crippen molar-refractivity contribution in [1.82, 2.24) is 15.2 Å². The van der Waals surface area contributed by atoms with Gasteiger partial charge in [-0.05, 0) is 33.0 Å². The van der Waals surface area contributed by atoms with Crippen LogP contribution in [0.1, 0.15) is 12.8 Å². The number of pyridine rings is 1. The Labute approximate surface area is 179 Å². The van der Waals surface area contributed by atoms with Crippen molar-refractivity contribution in [2.75, 3.05) is 25.5 Å². The Kier molecular flexibility index (Phi) is 7.00. The summed E-state index contributed by atoms with van der Waals surface area (Å²) in [6, 6.07) is 1.06. The van der Waals surface area contributed by atoms with E-state index in [4.69, 9.17) is 23.2 Å². The minimum Gasteiger partial charge on any atom is -0.335 e. The number of amides is 2. The Balaban J connectivity index is 1.72. The van der Waals surface area contributed by atoms with Gasteiger partial charge in [-0.3, -0.25) is 20.4 Å². The van der Waals surface area contributed by atoms with Crippen molar-refractivity contribution < 1.29 is 9.72 Å². The van der Waals surface area contributed by atoms with Crippen molar-refractivity contribution in [3.05, 3.63) is 38.6 Å². The molecule has 150 valence electrons. The fourth-order valence-electron chi connectivity index (χ4n) is 2.70. The number of nitrogens with one attached hydrogen (secondary N) is 2. The number of nitrogens with zero attached hydrogens (tertiary/aromatic N) is 3. The lowest BCUT2D eigenvalue weighted by atomic mass is 10.1. The van der Waals surface area contributed by atoms with Gasteiger partial charge in [0.25, 0.3) is 5.69 Å². The zero-order valence-electron chi connectivity index (χ0n) is 14.8. The highest BCUT2D eigenvalue weighted by Gasteiger charge is 2.24. The van der Waals surface area contributed by atoms with Crippen LogP contribution in [0.3, 0.4) is 0 Å². The van der Waals surface area contributed by atoms with Crippen LogP contribution in [0.4, 0.5) is 15.5 Å². The van der Waals surface area contributed by atoms with E-state index >= 15 is 0 Å². The largest absolute Gasteiger partial charge is 0.335 e. The fraction of sp³-hybridized carbons (Fsp3) is 0.375. The molecule has 0 atom stereocenters. The number of hydrogen-bond acceptors (Lipinski definition) is 7. The summed E-state index contributed by atoms with van der Waals surface area (Å²) in [5.74, 6) is 0. The molecule has 2 amide bonds. The number of piperidine rings is 1. The molecule has 0 saturated carbocycles. The van der Waals surface area contributed by atoms with Gasteiger partial charge in [0.1, 0.15) is 9.21 Å². The molecule has 28 heavy (non-hydrogen) atoms. The maximum atomic E-state index is 12.3. The smallest absolute Gasteiger partial charge is 0.320 e. The lowest BCUT2D eigenvalue weighted by molar-refractivity contribution is -0.387. The quantitative estimate of drug-likeness (QED) is 0.493. The highest BCUT2D eigenvalue weighted by Crippen LogP contribution is 2.47. The molecule has 2 N–H and O–H groups in total. The van der Waals surface area contributed by atoms with Crippen LogP contribution in [-0.2, 0) is 0 Å². The molecule has 1 saturated heterocycles. The molecule has 12 heteroatoms. The van der Waals surface area contributed by atoms with Gasteiger partial charge in [-0.1, -0.05) is 35.0 Å². The van der Waals surface area contributed by atoms with Crippen LogP contribution in [0.5, 0.6) is 0 Å². The van der Waals surface area contributed by atoms with E-state index in [1.54, 1.807) is 0 Å². The predicted octanol–water partition coefficient (Wildman–Crippen LogP) is 4.73. The summed E-state index contributed by atoms with van der Waals surface area (Å²) in [6.45, 7) is 1.84. The summed E-state index contributed by atoms with van der Waals surface area (Å²) in [5, 5.41) is 18.0. The number of nitro groups is 1. The number of urea groups is 1. The molecular formula is C16H17Cl2N5O3S2. The second kappa shape index (κ2) is 9.27. The topological polar surface area (TPSA) is 100 Å². The van der Waals surface area contributed by atoms with E-state index in [-0.39, 0.29) is 17.8 Å². The first kappa shape index (κ1) is 21.1. The maximum Gasteiger partial charge on any atom is 0.320 e. The van der Waals surface area contributed by atoms with Gasteiger partial charge in [0.15, 0.2) is 0 Å². The molecule has 3 rings (SSSR count). The van der Waals surface area contributed by atoms with E-state index < -0.39 is 4.92 Å². The molecule has 0 aliphatic carbocycles. The predicted molar refractivity (Wildman–Crippen MR) is 112 cm³/mol. The Bertz CT molecular complexity index is 867. The third kappa shape index (κ3) is 5.26. The van der Waals surface area contributed by atoms with Crippen molar-refractivity contribution >= 4 is 63.0 Å². The number of carbonyl (C=O) groups is 1. The van der Waals surface area contributed by atoms with Crippen molar-refractivity contribution in [3.8, 4) is 0 Å². The summed E-state index contributed by atoms with van der Waals surface area (Å²) in [7, 11) is 2.04. The Morgan fingerprint density at radius 3 is 2.61 bits per heavy atom. The highest BCUT2D eigenvalue weighted by atomic mass is 35.5. The maximum absolute atomic E-state index is 12.3. The molecule has 0 aromatic carbocycles. The van der Waals surface area contributed by atoms with Gasteiger partial charge in [-0.25, -0.2) is 4.79 Å². The summed E-state index contributed by atoms with van der Waals surface area (Å²) in [5.41, 5.74) is -0.117. The minimum atomic E-state index is -0.498. The normalized spacial score (nSPS) is 15.4. The van der Waals surface area contributed by atoms with E-state index in [0.29, 0.717) is 24.2 Å². The summed E-state index contributed by atoms with van der Waals surface area (Å²) in [4.78, 5) is 29.7. The third-order valence-corrected chi connectivity index (χ3v) is 7.34. The number of aromatic nitrogens is 1. The van der Waals surface area contributed by atoms with Gasteiger partial charge in [0.05, 0.1) is 25.9 Å². The Morgan fingerprint density at radius 1 is 1.36 bits per heavy atom. The fourth-order valence-corrected chi connectivity index (χ4v) is 5.46. The second-order valence-electron chi connectivity index (χ2n) is 6.25. The van der Waals surface area contributed by atoms with Crippen LogP contribution in [-0.4, -0.2) is 47.0 Å². The number of carbonyl (C=O) groups excluding carboxylic acids is 1. The van der Waals surface area contributed by atoms with Gasteiger partial charge < -0.3 is 10.2 Å². The lowest BCUT2D eigenvalue weighted by Gasteiger charge is -2.29. The highest BCUT2D eigenvalue weighted by molar-refractivity contribution is 8.01. The van der Waals surface area contributed by atoms with Gasteiger partial charge >= 0.3 is 6.03 Å². The van der Waals surface area contributed by atoms with E-state index in [9.17, 15) is 14.9 Å². The molecule has 2 aromatic heterocycles. The lowest BCUT2D eigenvalue weighted by Crippen LogP contribution is -2.44. The minimum absolute atomic E-state index is 0.0921. The van der Waals surface area contributed by atoms with Crippen molar-refractivity contribution in [2.45, 2.75) is 28.0 Å². The average molecular weight is 462 g/mol. The van der Waals surface area contributed by atoms with Crippen LogP contribution in [0.15, 0.2) is 27.6 Å². The van der Waals surface area contributed by atoms with Gasteiger partial charge in [-0.2, -0.15) is 0 Å². The number of rotatable bonds is 5. The van der Waals surface area contributed by atoms with Crippen molar-refractivity contribution in [3.63, 3.8) is 0 Å². The van der Waals surface area contributed by atoms with Crippen LogP contribution < -0.4 is 10.6 Å². The van der Waals surface area contributed by atoms with Gasteiger partial charge in [-0.15, -0.1) is 11.3 Å². The molecule has 3 heterocycles. The van der Waals surface area contributed by atoms with E-state index in [0.717, 1.165) is 49.0 Å². The van der Waals surface area contributed by atoms with E-state index in [1.165, 1.54) is 18.5 Å². The number of halogens is 2. The van der Waals surface area contributed by atoms with E-state index in [1.807, 2.05) is 7.05 Å². The standard InChI is InChI=1S/C16H17Cl2N5O3S2/c1-22-4-2-9(3-5-22)20-16(24)21-13-6-12(23(25)26)15(27-13)28-14-10(17)7-19-8-11(14)18/h6-9H,2-5H2,1H3,(H2,20,21,24). The molecule has 2 aromatic rings. The van der Waals surface area contributed by atoms with Crippen molar-refractivity contribution in [1.29, 1.82) is 0 Å². The molecule has 1 fully saturated rings. The second-order valence-corrected chi connectivity index (χ2v) is 9.40. The number of thiophene rings is 1. The molecule has 0 unspecified atom stereocenters. The Hall–Kier alpha value is -1.59. The van der Waals surface area contributed by atoms with Gasteiger partial charge in [0.2, 0.25) is 0 Å². The summed E-state index contributed by atoms with van der Waals surface area (Å²) in [6.07, 6.45) is 4.58. The monoisotopic (exact) mass is 461 g/mol. The number of likely N-dealkylation sites (tertiary alicyclic amines) is 1. The SMILES string of the molecule is CN1CCC(NC(=O)Nc2cc([N+](=O)[O-])c(Sc3c(Cl)cncc3Cl)s2)CC1. The number of anilines is 1.